The molecule has 0 aromatic carbocycles. The molecule has 0 spiro atoms. The van der Waals surface area contributed by atoms with E-state index in [0.29, 0.717) is 0 Å². The molecule has 0 aromatic rings. The van der Waals surface area contributed by atoms with Gasteiger partial charge in [-0.2, -0.15) is 0 Å². The van der Waals surface area contributed by atoms with Crippen LogP contribution in [0, 0.1) is 10.7 Å². The van der Waals surface area contributed by atoms with E-state index in [9.17, 15) is 0 Å². The summed E-state index contributed by atoms with van der Waals surface area (Å²) < 4.78 is 1.46. The first-order valence-corrected chi connectivity index (χ1v) is 12.9. The Balaban J connectivity index is 0. The Hall–Kier alpha value is -0.330. The molecule has 0 bridgehead atoms. The fourth-order valence-corrected chi connectivity index (χ4v) is 4.17. The van der Waals surface area contributed by atoms with E-state index >= 15 is 0 Å². The molecule has 0 N–H and O–H groups in total. The highest BCUT2D eigenvalue weighted by molar-refractivity contribution is 7.64. The molecule has 0 aliphatic carbocycles. The van der Waals surface area contributed by atoms with Crippen LogP contribution >= 0.6 is 0 Å². The Kier molecular flexibility index (Phi) is 26.4. The molecule has 0 aliphatic heterocycles. The van der Waals surface area contributed by atoms with Crippen LogP contribution in [-0.4, -0.2) is 30.7 Å². The van der Waals surface area contributed by atoms with Crippen LogP contribution in [0.1, 0.15) is 130 Å². The van der Waals surface area contributed by atoms with Gasteiger partial charge in [0.05, 0.1) is 26.2 Å². The predicted molar refractivity (Wildman–Crippen MR) is 129 cm³/mol. The zero-order valence-corrected chi connectivity index (χ0v) is 20.8. The minimum absolute atomic E-state index is 1.33. The van der Waals surface area contributed by atoms with E-state index in [1.54, 1.807) is 0 Å². The van der Waals surface area contributed by atoms with Crippen LogP contribution in [0.25, 0.3) is 0 Å². The lowest BCUT2D eigenvalue weighted by Crippen LogP contribution is -2.50. The van der Waals surface area contributed by atoms with Crippen LogP contribution in [-0.2, 0) is 12.6 Å². The van der Waals surface area contributed by atoms with E-state index in [2.05, 4.69) is 40.3 Å². The summed E-state index contributed by atoms with van der Waals surface area (Å²) in [5.74, 6) is 0. The van der Waals surface area contributed by atoms with Crippen molar-refractivity contribution in [3.8, 4) is 5.40 Å². The number of rotatable bonds is 20. The second-order valence-electron chi connectivity index (χ2n) is 8.57. The van der Waals surface area contributed by atoms with E-state index in [1.807, 2.05) is 0 Å². The van der Waals surface area contributed by atoms with Crippen molar-refractivity contribution >= 4 is 12.6 Å². The average Bonchev–Trinajstić information content (AvgIpc) is 2.70. The smallest absolute Gasteiger partial charge is 0.0786 e. The van der Waals surface area contributed by atoms with E-state index in [4.69, 9.17) is 5.26 Å². The van der Waals surface area contributed by atoms with Gasteiger partial charge in [0, 0.05) is 0 Å². The summed E-state index contributed by atoms with van der Waals surface area (Å²) in [5.41, 5.74) is 0. The highest BCUT2D eigenvalue weighted by Crippen LogP contribution is 2.19. The van der Waals surface area contributed by atoms with Crippen LogP contribution in [0.5, 0.6) is 0 Å². The molecule has 0 fully saturated rings. The number of hydrogen-bond acceptors (Lipinski definition) is 2. The normalized spacial score (nSPS) is 11.0. The zero-order valence-electron chi connectivity index (χ0n) is 19.9. The van der Waals surface area contributed by atoms with Gasteiger partial charge in [0.15, 0.2) is 0 Å². The highest BCUT2D eigenvalue weighted by atomic mass is 32.1. The molecule has 0 atom stereocenters. The van der Waals surface area contributed by atoms with E-state index in [0.717, 1.165) is 0 Å². The maximum atomic E-state index is 7.13. The quantitative estimate of drug-likeness (QED) is 0.0871. The lowest BCUT2D eigenvalue weighted by Gasteiger charge is -2.39. The zero-order chi connectivity index (χ0) is 21.3. The summed E-state index contributed by atoms with van der Waals surface area (Å²) in [4.78, 5) is 0. The lowest BCUT2D eigenvalue weighted by atomic mass is 10.1. The molecule has 0 radical (unpaired) electrons. The number of unbranched alkanes of at least 4 members (excludes halogenated alkanes) is 12. The van der Waals surface area contributed by atoms with Gasteiger partial charge in [-0.05, 0) is 51.4 Å². The van der Waals surface area contributed by atoms with Crippen molar-refractivity contribution in [2.75, 3.05) is 26.2 Å². The summed E-state index contributed by atoms with van der Waals surface area (Å²) in [6.07, 6.45) is 22.8. The van der Waals surface area contributed by atoms with Gasteiger partial charge in [-0.3, -0.25) is 0 Å². The van der Waals surface area contributed by atoms with Gasteiger partial charge in [0.2, 0.25) is 0 Å². The first-order valence-electron chi connectivity index (χ1n) is 12.5. The minimum atomic E-state index is 1.33. The maximum absolute atomic E-state index is 7.13. The molecular formula is C25H52N2S. The second-order valence-corrected chi connectivity index (χ2v) is 8.75. The van der Waals surface area contributed by atoms with Crippen LogP contribution in [0.4, 0.5) is 0 Å². The van der Waals surface area contributed by atoms with Gasteiger partial charge in [-0.25, -0.2) is 5.26 Å². The molecule has 28 heavy (non-hydrogen) atoms. The summed E-state index contributed by atoms with van der Waals surface area (Å²) in [6, 6.07) is 0. The van der Waals surface area contributed by atoms with Crippen molar-refractivity contribution in [1.29, 1.82) is 5.26 Å². The second kappa shape index (κ2) is 24.7. The van der Waals surface area contributed by atoms with E-state index in [1.165, 1.54) is 139 Å². The number of hydrogen-bond donors (Lipinski definition) is 0. The fraction of sp³-hybridized carbons (Fsp3) is 0.960. The molecule has 2 nitrogen and oxygen atoms in total. The fourth-order valence-electron chi connectivity index (χ4n) is 4.17. The highest BCUT2D eigenvalue weighted by Gasteiger charge is 2.25. The Morgan fingerprint density at radius 1 is 0.500 bits per heavy atom. The Bertz CT molecular complexity index is 271. The molecule has 0 heterocycles. The van der Waals surface area contributed by atoms with Crippen LogP contribution in [0.3, 0.4) is 0 Å². The average molecular weight is 413 g/mol. The van der Waals surface area contributed by atoms with Gasteiger partial charge < -0.3 is 17.1 Å². The van der Waals surface area contributed by atoms with Gasteiger partial charge >= 0.3 is 0 Å². The van der Waals surface area contributed by atoms with Crippen molar-refractivity contribution in [1.82, 2.24) is 0 Å². The number of nitrogens with zero attached hydrogens (tertiary/aromatic N) is 2. The van der Waals surface area contributed by atoms with Crippen LogP contribution in [0.15, 0.2) is 0 Å². The third kappa shape index (κ3) is 20.4. The largest absolute Gasteiger partial charge is 0.696 e. The predicted octanol–water partition coefficient (Wildman–Crippen LogP) is 8.14. The topological polar surface area (TPSA) is 23.8 Å². The molecule has 0 saturated carbocycles. The third-order valence-electron chi connectivity index (χ3n) is 5.94. The first kappa shape index (κ1) is 29.9. The first-order chi connectivity index (χ1) is 13.7. The molecule has 0 aromatic heterocycles. The Morgan fingerprint density at radius 3 is 0.893 bits per heavy atom. The molecule has 0 saturated heterocycles. The van der Waals surface area contributed by atoms with Gasteiger partial charge in [0.25, 0.3) is 0 Å². The number of quaternary nitrogens is 1. The van der Waals surface area contributed by atoms with Gasteiger partial charge in [-0.1, -0.05) is 84.5 Å². The van der Waals surface area contributed by atoms with Crippen molar-refractivity contribution in [3.63, 3.8) is 0 Å². The molecule has 3 heteroatoms. The van der Waals surface area contributed by atoms with Crippen molar-refractivity contribution in [2.24, 2.45) is 0 Å². The summed E-state index contributed by atoms with van der Waals surface area (Å²) in [7, 11) is 0. The van der Waals surface area contributed by atoms with Crippen molar-refractivity contribution in [3.05, 3.63) is 0 Å². The number of thiocyanates is 1. The summed E-state index contributed by atoms with van der Waals surface area (Å²) in [6.45, 7) is 15.2. The minimum Gasteiger partial charge on any atom is -0.696 e. The Morgan fingerprint density at radius 2 is 0.714 bits per heavy atom. The van der Waals surface area contributed by atoms with Crippen molar-refractivity contribution < 1.29 is 4.48 Å². The van der Waals surface area contributed by atoms with Crippen LogP contribution in [0.2, 0.25) is 0 Å². The molecule has 0 amide bonds. The maximum Gasteiger partial charge on any atom is 0.0786 e. The molecule has 0 aliphatic rings. The van der Waals surface area contributed by atoms with E-state index in [-0.39, 0.29) is 0 Å². The summed E-state index contributed by atoms with van der Waals surface area (Å²) in [5, 5.41) is 8.47. The standard InChI is InChI=1S/C24H52N.CHNS/c1-5-9-13-17-21-25(22-18-14-10-6-2,23-19-15-11-7-3)24-20-16-12-8-4;2-1-3/h5-24H2,1-4H3;3H/q+1;/p-1. The molecule has 0 unspecified atom stereocenters. The lowest BCUT2D eigenvalue weighted by molar-refractivity contribution is -0.929. The third-order valence-corrected chi connectivity index (χ3v) is 5.94. The number of nitriles is 1. The Labute approximate surface area is 184 Å². The molecule has 168 valence electrons. The monoisotopic (exact) mass is 412 g/mol. The SMILES string of the molecule is CCCCCC[N+](CCCCCC)(CCCCCC)CCCCCC.N#C[S-]. The van der Waals surface area contributed by atoms with Crippen molar-refractivity contribution in [2.45, 2.75) is 130 Å². The van der Waals surface area contributed by atoms with Gasteiger partial charge in [-0.15, -0.1) is 0 Å². The van der Waals surface area contributed by atoms with Crippen LogP contribution < -0.4 is 0 Å². The molecule has 0 rings (SSSR count). The van der Waals surface area contributed by atoms with Gasteiger partial charge in [0.1, 0.15) is 0 Å². The molecular weight excluding hydrogens is 360 g/mol. The van der Waals surface area contributed by atoms with E-state index < -0.39 is 0 Å². The summed E-state index contributed by atoms with van der Waals surface area (Å²) >= 11 is 3.70.